The molecule has 9 heteroatoms. The second-order valence-corrected chi connectivity index (χ2v) is 10.7. The van der Waals surface area contributed by atoms with Crippen LogP contribution in [0.2, 0.25) is 0 Å². The maximum atomic E-state index is 12.4. The van der Waals surface area contributed by atoms with Crippen molar-refractivity contribution in [2.45, 2.75) is 44.2 Å². The Hall–Kier alpha value is -0.670. The zero-order valence-corrected chi connectivity index (χ0v) is 18.1. The average Bonchev–Trinajstić information content (AvgIpc) is 3.03. The van der Waals surface area contributed by atoms with Crippen molar-refractivity contribution in [3.05, 3.63) is 17.0 Å². The highest BCUT2D eigenvalue weighted by atomic mass is 35.5. The number of piperidine rings is 1. The van der Waals surface area contributed by atoms with Gasteiger partial charge < -0.3 is 10.6 Å². The normalized spacial score (nSPS) is 18.2. The van der Waals surface area contributed by atoms with E-state index in [1.54, 1.807) is 6.07 Å². The number of carbonyl (C=O) groups excluding carboxylic acids is 1. The summed E-state index contributed by atoms with van der Waals surface area (Å²) in [6.45, 7) is 8.47. The number of amides is 1. The van der Waals surface area contributed by atoms with Crippen molar-refractivity contribution in [1.82, 2.24) is 15.4 Å². The molecule has 3 N–H and O–H groups in total. The van der Waals surface area contributed by atoms with Gasteiger partial charge in [0.25, 0.3) is 0 Å². The van der Waals surface area contributed by atoms with Crippen LogP contribution in [0.3, 0.4) is 0 Å². The van der Waals surface area contributed by atoms with Crippen LogP contribution in [0.1, 0.15) is 38.5 Å². The predicted octanol–water partition coefficient (Wildman–Crippen LogP) is 2.15. The number of carbonyl (C=O) groups is 1. The van der Waals surface area contributed by atoms with E-state index in [1.165, 1.54) is 11.3 Å². The Kier molecular flexibility index (Phi) is 9.02. The monoisotopic (exact) mass is 423 g/mol. The molecular weight excluding hydrogens is 394 g/mol. The first-order valence-electron chi connectivity index (χ1n) is 8.76. The number of rotatable bonds is 7. The second kappa shape index (κ2) is 10.0. The van der Waals surface area contributed by atoms with Gasteiger partial charge in [-0.15, -0.1) is 23.7 Å². The molecule has 1 atom stereocenters. The van der Waals surface area contributed by atoms with Gasteiger partial charge in [-0.3, -0.25) is 4.79 Å². The van der Waals surface area contributed by atoms with E-state index in [0.29, 0.717) is 29.6 Å². The molecule has 0 spiro atoms. The molecule has 1 aliphatic heterocycles. The fourth-order valence-corrected chi connectivity index (χ4v) is 5.11. The lowest BCUT2D eigenvalue weighted by atomic mass is 9.96. The van der Waals surface area contributed by atoms with Gasteiger partial charge in [0.15, 0.2) is 0 Å². The summed E-state index contributed by atoms with van der Waals surface area (Å²) in [7, 11) is -3.45. The van der Waals surface area contributed by atoms with Crippen LogP contribution in [0, 0.1) is 11.3 Å². The van der Waals surface area contributed by atoms with Gasteiger partial charge in [0, 0.05) is 23.4 Å². The number of sulfonamides is 1. The molecule has 0 bridgehead atoms. The van der Waals surface area contributed by atoms with Gasteiger partial charge in [-0.2, -0.15) is 0 Å². The molecule has 0 aliphatic carbocycles. The lowest BCUT2D eigenvalue weighted by molar-refractivity contribution is -0.128. The van der Waals surface area contributed by atoms with E-state index in [2.05, 4.69) is 15.4 Å². The molecule has 2 rings (SSSR count). The summed E-state index contributed by atoms with van der Waals surface area (Å²) in [5, 5.41) is 6.17. The summed E-state index contributed by atoms with van der Waals surface area (Å²) >= 11 is 1.27. The predicted molar refractivity (Wildman–Crippen MR) is 109 cm³/mol. The van der Waals surface area contributed by atoms with Crippen LogP contribution >= 0.6 is 23.7 Å². The van der Waals surface area contributed by atoms with E-state index in [1.807, 2.05) is 26.8 Å². The SMILES string of the molecule is CC(C)(C)C(=O)NCCc1ccc(S(=O)(=O)NCC2CCCNC2)s1.Cl. The van der Waals surface area contributed by atoms with Gasteiger partial charge in [0.05, 0.1) is 0 Å². The van der Waals surface area contributed by atoms with Crippen molar-refractivity contribution >= 4 is 39.7 Å². The number of nitrogens with one attached hydrogen (secondary N) is 3. The Morgan fingerprint density at radius 2 is 2.08 bits per heavy atom. The molecule has 1 unspecified atom stereocenters. The first kappa shape index (κ1) is 23.4. The lowest BCUT2D eigenvalue weighted by Gasteiger charge is -2.22. The summed E-state index contributed by atoms with van der Waals surface area (Å²) in [5.41, 5.74) is -0.415. The third-order valence-corrected chi connectivity index (χ3v) is 7.26. The zero-order chi connectivity index (χ0) is 18.5. The van der Waals surface area contributed by atoms with Crippen LogP contribution in [0.5, 0.6) is 0 Å². The zero-order valence-electron chi connectivity index (χ0n) is 15.6. The summed E-state index contributed by atoms with van der Waals surface area (Å²) in [6.07, 6.45) is 2.78. The molecule has 0 aromatic carbocycles. The van der Waals surface area contributed by atoms with Crippen LogP contribution in [0.15, 0.2) is 16.3 Å². The fraction of sp³-hybridized carbons (Fsp3) is 0.706. The van der Waals surface area contributed by atoms with Gasteiger partial charge >= 0.3 is 0 Å². The molecule has 150 valence electrons. The smallest absolute Gasteiger partial charge is 0.250 e. The van der Waals surface area contributed by atoms with Gasteiger partial charge in [-0.05, 0) is 50.4 Å². The van der Waals surface area contributed by atoms with E-state index in [9.17, 15) is 13.2 Å². The Balaban J connectivity index is 0.00000338. The van der Waals surface area contributed by atoms with Gasteiger partial charge in [-0.25, -0.2) is 13.1 Å². The summed E-state index contributed by atoms with van der Waals surface area (Å²) in [4.78, 5) is 12.8. The van der Waals surface area contributed by atoms with Crippen LogP contribution < -0.4 is 15.4 Å². The summed E-state index contributed by atoms with van der Waals surface area (Å²) < 4.78 is 27.9. The molecule has 26 heavy (non-hydrogen) atoms. The molecule has 2 heterocycles. The van der Waals surface area contributed by atoms with Gasteiger partial charge in [0.1, 0.15) is 4.21 Å². The molecule has 1 saturated heterocycles. The number of hydrogen-bond acceptors (Lipinski definition) is 5. The van der Waals surface area contributed by atoms with E-state index >= 15 is 0 Å². The highest BCUT2D eigenvalue weighted by molar-refractivity contribution is 7.91. The number of halogens is 1. The number of thiophene rings is 1. The van der Waals surface area contributed by atoms with Crippen LogP contribution in [-0.4, -0.2) is 40.5 Å². The van der Waals surface area contributed by atoms with Crippen molar-refractivity contribution in [2.24, 2.45) is 11.3 Å². The van der Waals surface area contributed by atoms with E-state index < -0.39 is 15.4 Å². The minimum atomic E-state index is -3.45. The molecule has 1 aromatic rings. The quantitative estimate of drug-likeness (QED) is 0.627. The topological polar surface area (TPSA) is 87.3 Å². The third-order valence-electron chi connectivity index (χ3n) is 4.20. The fourth-order valence-electron chi connectivity index (χ4n) is 2.60. The van der Waals surface area contributed by atoms with Crippen molar-refractivity contribution in [3.8, 4) is 0 Å². The van der Waals surface area contributed by atoms with E-state index in [0.717, 1.165) is 30.8 Å². The largest absolute Gasteiger partial charge is 0.355 e. The van der Waals surface area contributed by atoms with Crippen molar-refractivity contribution in [3.63, 3.8) is 0 Å². The van der Waals surface area contributed by atoms with Crippen molar-refractivity contribution in [2.75, 3.05) is 26.2 Å². The molecule has 1 fully saturated rings. The highest BCUT2D eigenvalue weighted by Crippen LogP contribution is 2.22. The molecule has 6 nitrogen and oxygen atoms in total. The Morgan fingerprint density at radius 1 is 1.35 bits per heavy atom. The second-order valence-electron chi connectivity index (χ2n) is 7.54. The number of hydrogen-bond donors (Lipinski definition) is 3. The summed E-state index contributed by atoms with van der Waals surface area (Å²) in [5.74, 6) is 0.357. The van der Waals surface area contributed by atoms with Crippen LogP contribution in [0.4, 0.5) is 0 Å². The summed E-state index contributed by atoms with van der Waals surface area (Å²) in [6, 6.07) is 3.47. The standard InChI is InChI=1S/C17H29N3O3S2.ClH/c1-17(2,3)16(21)19-10-8-14-6-7-15(24-14)25(22,23)20-12-13-5-4-9-18-11-13;/h6-7,13,18,20H,4-5,8-12H2,1-3H3,(H,19,21);1H. The average molecular weight is 424 g/mol. The van der Waals surface area contributed by atoms with Gasteiger partial charge in [-0.1, -0.05) is 20.8 Å². The molecule has 1 amide bonds. The van der Waals surface area contributed by atoms with E-state index in [4.69, 9.17) is 0 Å². The van der Waals surface area contributed by atoms with Crippen LogP contribution in [-0.2, 0) is 21.2 Å². The molecule has 0 saturated carbocycles. The van der Waals surface area contributed by atoms with Gasteiger partial charge in [0.2, 0.25) is 15.9 Å². The first-order chi connectivity index (χ1) is 11.7. The Morgan fingerprint density at radius 3 is 2.69 bits per heavy atom. The first-order valence-corrected chi connectivity index (χ1v) is 11.1. The molecule has 1 aliphatic rings. The molecular formula is C17H30ClN3O3S2. The van der Waals surface area contributed by atoms with Crippen LogP contribution in [0.25, 0.3) is 0 Å². The molecule has 1 aromatic heterocycles. The molecule has 0 radical (unpaired) electrons. The van der Waals surface area contributed by atoms with Crippen molar-refractivity contribution in [1.29, 1.82) is 0 Å². The maximum absolute atomic E-state index is 12.4. The maximum Gasteiger partial charge on any atom is 0.250 e. The minimum Gasteiger partial charge on any atom is -0.355 e. The minimum absolute atomic E-state index is 0. The van der Waals surface area contributed by atoms with E-state index in [-0.39, 0.29) is 18.3 Å². The van der Waals surface area contributed by atoms with Crippen molar-refractivity contribution < 1.29 is 13.2 Å². The highest BCUT2D eigenvalue weighted by Gasteiger charge is 2.22. The Labute approximate surface area is 167 Å². The third kappa shape index (κ3) is 7.15. The Bertz CT molecular complexity index is 678. The lowest BCUT2D eigenvalue weighted by Crippen LogP contribution is -2.37.